The van der Waals surface area contributed by atoms with Crippen LogP contribution in [-0.2, 0) is 4.79 Å². The van der Waals surface area contributed by atoms with Gasteiger partial charge in [-0.3, -0.25) is 4.79 Å². The molecule has 1 amide bonds. The van der Waals surface area contributed by atoms with Crippen LogP contribution in [0.4, 0.5) is 5.82 Å². The first-order chi connectivity index (χ1) is 19.6. The molecule has 40 heavy (non-hydrogen) atoms. The summed E-state index contributed by atoms with van der Waals surface area (Å²) >= 11 is 0. The smallest absolute Gasteiger partial charge is 0.251 e. The third-order valence-corrected chi connectivity index (χ3v) is 6.30. The van der Waals surface area contributed by atoms with E-state index in [1.165, 1.54) is 12.6 Å². The summed E-state index contributed by atoms with van der Waals surface area (Å²) in [5.74, 6) is 0.678. The molecule has 2 aromatic heterocycles. The number of unbranched alkanes of at least 4 members (excludes halogenated alkanes) is 3. The number of hydrogen-bond donors (Lipinski definition) is 6. The Balaban J connectivity index is 0.00000141. The average Bonchev–Trinajstić information content (AvgIpc) is 3.43. The zero-order valence-corrected chi connectivity index (χ0v) is 23.1. The number of carbonyl (C=O) groups is 2. The van der Waals surface area contributed by atoms with Crippen molar-refractivity contribution in [2.75, 3.05) is 32.0 Å². The monoisotopic (exact) mass is 545 g/mol. The van der Waals surface area contributed by atoms with E-state index in [4.69, 9.17) is 5.21 Å². The Bertz CT molecular complexity index is 1310. The van der Waals surface area contributed by atoms with Gasteiger partial charge >= 0.3 is 0 Å². The molecule has 2 heterocycles. The van der Waals surface area contributed by atoms with E-state index < -0.39 is 0 Å². The van der Waals surface area contributed by atoms with E-state index >= 15 is 0 Å². The Kier molecular flexibility index (Phi) is 12.7. The number of aromatic nitrogens is 3. The molecule has 0 radical (unpaired) electrons. The largest absolute Gasteiger partial charge is 0.363 e. The lowest BCUT2D eigenvalue weighted by Crippen LogP contribution is -2.32. The SMILES string of the molecule is CNO.C[C@@H](Nc1ncnc2[nH]c(-c3ccc(C(=O)NCCNCCCCCC=O)cc3)cc12)c1ccccc1. The first-order valence-corrected chi connectivity index (χ1v) is 13.6. The van der Waals surface area contributed by atoms with Crippen molar-refractivity contribution in [3.05, 3.63) is 78.1 Å². The number of aromatic amines is 1. The fourth-order valence-electron chi connectivity index (χ4n) is 4.19. The molecule has 10 heteroatoms. The number of nitrogens with one attached hydrogen (secondary N) is 5. The fraction of sp³-hybridized carbons (Fsp3) is 0.333. The van der Waals surface area contributed by atoms with E-state index in [9.17, 15) is 9.59 Å². The lowest BCUT2D eigenvalue weighted by Gasteiger charge is -2.15. The lowest BCUT2D eigenvalue weighted by molar-refractivity contribution is -0.107. The van der Waals surface area contributed by atoms with Crippen LogP contribution < -0.4 is 21.4 Å². The molecule has 0 saturated carbocycles. The van der Waals surface area contributed by atoms with Gasteiger partial charge in [0.15, 0.2) is 0 Å². The van der Waals surface area contributed by atoms with E-state index in [1.54, 1.807) is 11.8 Å². The second-order valence-corrected chi connectivity index (χ2v) is 9.27. The Morgan fingerprint density at radius 2 is 1.75 bits per heavy atom. The molecule has 2 aromatic carbocycles. The average molecular weight is 546 g/mol. The Morgan fingerprint density at radius 3 is 2.48 bits per heavy atom. The molecule has 4 aromatic rings. The van der Waals surface area contributed by atoms with Gasteiger partial charge in [0.25, 0.3) is 5.91 Å². The second-order valence-electron chi connectivity index (χ2n) is 9.27. The molecule has 0 unspecified atom stereocenters. The number of rotatable bonds is 14. The van der Waals surface area contributed by atoms with Crippen molar-refractivity contribution >= 4 is 29.0 Å². The molecule has 1 atom stereocenters. The Morgan fingerprint density at radius 1 is 1.00 bits per heavy atom. The van der Waals surface area contributed by atoms with Crippen molar-refractivity contribution in [3.63, 3.8) is 0 Å². The van der Waals surface area contributed by atoms with Gasteiger partial charge in [-0.15, -0.1) is 0 Å². The van der Waals surface area contributed by atoms with Crippen molar-refractivity contribution in [2.45, 2.75) is 38.6 Å². The molecule has 0 spiro atoms. The summed E-state index contributed by atoms with van der Waals surface area (Å²) < 4.78 is 0. The molecule has 4 rings (SSSR count). The van der Waals surface area contributed by atoms with E-state index in [1.807, 2.05) is 48.5 Å². The molecule has 0 aliphatic carbocycles. The zero-order chi connectivity index (χ0) is 28.6. The van der Waals surface area contributed by atoms with Gasteiger partial charge in [0.1, 0.15) is 24.1 Å². The second kappa shape index (κ2) is 16.8. The topological polar surface area (TPSA) is 144 Å². The number of anilines is 1. The highest BCUT2D eigenvalue weighted by atomic mass is 16.5. The maximum atomic E-state index is 12.5. The molecule has 6 N–H and O–H groups in total. The van der Waals surface area contributed by atoms with Crippen LogP contribution in [0.2, 0.25) is 0 Å². The summed E-state index contributed by atoms with van der Waals surface area (Å²) in [6.07, 6.45) is 6.17. The molecule has 0 aliphatic heterocycles. The first kappa shape index (κ1) is 30.4. The molecule has 212 valence electrons. The van der Waals surface area contributed by atoms with Crippen molar-refractivity contribution in [1.29, 1.82) is 0 Å². The van der Waals surface area contributed by atoms with Gasteiger partial charge in [-0.2, -0.15) is 0 Å². The van der Waals surface area contributed by atoms with Crippen LogP contribution in [0.1, 0.15) is 54.6 Å². The predicted molar refractivity (Wildman–Crippen MR) is 158 cm³/mol. The van der Waals surface area contributed by atoms with Gasteiger partial charge in [0, 0.05) is 43.9 Å². The molecule has 0 aliphatic rings. The van der Waals surface area contributed by atoms with Crippen LogP contribution in [0, 0.1) is 0 Å². The van der Waals surface area contributed by atoms with E-state index in [0.717, 1.165) is 60.2 Å². The third kappa shape index (κ3) is 9.26. The van der Waals surface area contributed by atoms with Crippen LogP contribution in [0.15, 0.2) is 67.0 Å². The number of hydrogen-bond acceptors (Lipinski definition) is 8. The van der Waals surface area contributed by atoms with Gasteiger partial charge < -0.3 is 30.9 Å². The van der Waals surface area contributed by atoms with Crippen molar-refractivity contribution < 1.29 is 14.8 Å². The molecule has 10 nitrogen and oxygen atoms in total. The van der Waals surface area contributed by atoms with E-state index in [0.29, 0.717) is 25.1 Å². The number of benzene rings is 2. The number of hydroxylamine groups is 1. The molecular formula is C30H39N7O3. The Labute approximate surface area is 235 Å². The number of carbonyl (C=O) groups excluding carboxylic acids is 2. The summed E-state index contributed by atoms with van der Waals surface area (Å²) in [6.45, 7) is 4.27. The molecule has 0 saturated heterocycles. The summed E-state index contributed by atoms with van der Waals surface area (Å²) in [7, 11) is 1.43. The number of aldehydes is 1. The minimum Gasteiger partial charge on any atom is -0.363 e. The minimum atomic E-state index is -0.0942. The fourth-order valence-corrected chi connectivity index (χ4v) is 4.19. The van der Waals surface area contributed by atoms with Crippen LogP contribution in [0.5, 0.6) is 0 Å². The summed E-state index contributed by atoms with van der Waals surface area (Å²) in [6, 6.07) is 19.9. The van der Waals surface area contributed by atoms with Gasteiger partial charge in [-0.1, -0.05) is 48.9 Å². The third-order valence-electron chi connectivity index (χ3n) is 6.30. The highest BCUT2D eigenvalue weighted by Crippen LogP contribution is 2.29. The van der Waals surface area contributed by atoms with E-state index in [2.05, 4.69) is 50.0 Å². The predicted octanol–water partition coefficient (Wildman–Crippen LogP) is 4.47. The van der Waals surface area contributed by atoms with Crippen LogP contribution in [0.25, 0.3) is 22.3 Å². The number of amides is 1. The van der Waals surface area contributed by atoms with Crippen molar-refractivity contribution in [3.8, 4) is 11.3 Å². The van der Waals surface area contributed by atoms with Crippen LogP contribution in [0.3, 0.4) is 0 Å². The Hall–Kier alpha value is -4.12. The van der Waals surface area contributed by atoms with Gasteiger partial charge in [0.05, 0.1) is 5.39 Å². The normalized spacial score (nSPS) is 11.4. The molecular weight excluding hydrogens is 506 g/mol. The maximum absolute atomic E-state index is 12.5. The molecule has 0 fully saturated rings. The zero-order valence-electron chi connectivity index (χ0n) is 23.1. The van der Waals surface area contributed by atoms with Gasteiger partial charge in [-0.25, -0.2) is 15.4 Å². The minimum absolute atomic E-state index is 0.0942. The number of H-pyrrole nitrogens is 1. The van der Waals surface area contributed by atoms with Crippen LogP contribution in [-0.4, -0.2) is 59.0 Å². The molecule has 0 bridgehead atoms. The van der Waals surface area contributed by atoms with Crippen molar-refractivity contribution in [1.82, 2.24) is 31.1 Å². The van der Waals surface area contributed by atoms with E-state index in [-0.39, 0.29) is 11.9 Å². The van der Waals surface area contributed by atoms with Gasteiger partial charge in [0.2, 0.25) is 0 Å². The standard InChI is InChI=1S/C29H34N6O2.CH5NO/c1-21(22-9-5-4-6-10-22)34-27-25-19-26(35-28(25)33-20-32-27)23-11-13-24(14-12-23)29(37)31-17-16-30-15-7-2-3-8-18-36;1-2-3/h4-6,9-14,18-21,30H,2-3,7-8,15-17H2,1H3,(H,31,37)(H2,32,33,34,35);2-3H,1H3/t21-;/m1./s1. The highest BCUT2D eigenvalue weighted by molar-refractivity contribution is 5.95. The lowest BCUT2D eigenvalue weighted by atomic mass is 10.1. The quantitative estimate of drug-likeness (QED) is 0.0774. The highest BCUT2D eigenvalue weighted by Gasteiger charge is 2.13. The maximum Gasteiger partial charge on any atom is 0.251 e. The number of nitrogens with zero attached hydrogens (tertiary/aromatic N) is 2. The van der Waals surface area contributed by atoms with Gasteiger partial charge in [-0.05, 0) is 55.6 Å². The summed E-state index contributed by atoms with van der Waals surface area (Å²) in [5.41, 5.74) is 6.18. The van der Waals surface area contributed by atoms with Crippen LogP contribution >= 0.6 is 0 Å². The summed E-state index contributed by atoms with van der Waals surface area (Å²) in [5, 5.41) is 18.0. The number of fused-ring (bicyclic) bond motifs is 1. The van der Waals surface area contributed by atoms with Crippen molar-refractivity contribution in [2.24, 2.45) is 0 Å². The first-order valence-electron chi connectivity index (χ1n) is 13.6. The summed E-state index contributed by atoms with van der Waals surface area (Å²) in [4.78, 5) is 35.0.